The van der Waals surface area contributed by atoms with E-state index in [0.29, 0.717) is 48.3 Å². The number of nitrogens with one attached hydrogen (secondary N) is 2. The summed E-state index contributed by atoms with van der Waals surface area (Å²) in [6.45, 7) is 7.24. The third-order valence-corrected chi connectivity index (χ3v) is 6.61. The molecule has 3 heterocycles. The third-order valence-electron chi connectivity index (χ3n) is 6.61. The van der Waals surface area contributed by atoms with Gasteiger partial charge in [-0.15, -0.1) is 0 Å². The maximum Gasteiger partial charge on any atom is 0.419 e. The van der Waals surface area contributed by atoms with E-state index < -0.39 is 23.5 Å². The largest absolute Gasteiger partial charge is 0.419 e. The van der Waals surface area contributed by atoms with Crippen LogP contribution in [0, 0.1) is 0 Å². The number of likely N-dealkylation sites (N-methyl/N-ethyl adjacent to an activating group) is 1. The van der Waals surface area contributed by atoms with Crippen molar-refractivity contribution in [3.05, 3.63) is 65.0 Å². The van der Waals surface area contributed by atoms with E-state index in [-0.39, 0.29) is 24.8 Å². The number of anilines is 4. The maximum atomic E-state index is 13.5. The van der Waals surface area contributed by atoms with Gasteiger partial charge in [-0.05, 0) is 55.7 Å². The van der Waals surface area contributed by atoms with E-state index in [9.17, 15) is 26.3 Å². The molecular weight excluding hydrogens is 562 g/mol. The lowest BCUT2D eigenvalue weighted by molar-refractivity contribution is -0.138. The molecular formula is C29H36F6N6O. The number of benzene rings is 1. The lowest BCUT2D eigenvalue weighted by atomic mass is 10.1. The van der Waals surface area contributed by atoms with Gasteiger partial charge in [0.2, 0.25) is 5.95 Å². The summed E-state index contributed by atoms with van der Waals surface area (Å²) in [6.07, 6.45) is -5.44. The molecule has 2 N–H and O–H groups in total. The molecule has 1 saturated heterocycles. The zero-order chi connectivity index (χ0) is 30.9. The Morgan fingerprint density at radius 3 is 2.21 bits per heavy atom. The van der Waals surface area contributed by atoms with E-state index >= 15 is 0 Å². The summed E-state index contributed by atoms with van der Waals surface area (Å²) in [5.74, 6) is 0.550. The highest BCUT2D eigenvalue weighted by molar-refractivity contribution is 5.62. The van der Waals surface area contributed by atoms with Gasteiger partial charge in [-0.25, -0.2) is 9.97 Å². The Labute approximate surface area is 241 Å². The van der Waals surface area contributed by atoms with Crippen LogP contribution < -0.4 is 15.5 Å². The molecule has 0 atom stereocenters. The molecule has 1 aliphatic rings. The number of hydrogen-bond donors (Lipinski definition) is 2. The maximum absolute atomic E-state index is 13.5. The minimum absolute atomic E-state index is 0.0681. The number of hydrogen-bond acceptors (Lipinski definition) is 7. The Kier molecular flexibility index (Phi) is 11.4. The number of pyridine rings is 1. The lowest BCUT2D eigenvalue weighted by Crippen LogP contribution is -2.29. The lowest BCUT2D eigenvalue weighted by Gasteiger charge is -2.25. The Morgan fingerprint density at radius 2 is 1.62 bits per heavy atom. The molecule has 2 aromatic heterocycles. The molecule has 0 bridgehead atoms. The summed E-state index contributed by atoms with van der Waals surface area (Å²) in [7, 11) is 1.53. The summed E-state index contributed by atoms with van der Waals surface area (Å²) in [6, 6.07) is 6.91. The minimum Gasteiger partial charge on any atom is -0.381 e. The van der Waals surface area contributed by atoms with Crippen LogP contribution in [0.25, 0.3) is 0 Å². The molecule has 0 spiro atoms. The SMILES string of the molecule is CC.CCc1c(CCN(C)c2ncccc2C(F)(F)F)nc(NC2CCOCC2)nc1Nc1ccc(C(F)(F)F)cc1. The molecule has 13 heteroatoms. The standard InChI is InChI=1S/C27H30F6N6O.C2H6/c1-3-20-22(10-14-39(2)24-21(27(31,32)33)5-4-13-34-24)37-25(36-19-11-15-40-16-12-19)38-23(20)35-18-8-6-17(7-9-18)26(28,29)30;1-2/h4-9,13,19H,3,10-12,14-16H2,1-2H3,(H2,35,36,37,38);1-2H3. The smallest absolute Gasteiger partial charge is 0.381 e. The molecule has 4 rings (SSSR count). The molecule has 1 aromatic carbocycles. The van der Waals surface area contributed by atoms with Crippen molar-refractivity contribution in [3.63, 3.8) is 0 Å². The fourth-order valence-electron chi connectivity index (χ4n) is 4.48. The molecule has 230 valence electrons. The quantitative estimate of drug-likeness (QED) is 0.247. The summed E-state index contributed by atoms with van der Waals surface area (Å²) in [5, 5.41) is 6.42. The molecule has 0 unspecified atom stereocenters. The van der Waals surface area contributed by atoms with Gasteiger partial charge >= 0.3 is 12.4 Å². The Bertz CT molecular complexity index is 1280. The van der Waals surface area contributed by atoms with Crippen LogP contribution in [0.3, 0.4) is 0 Å². The van der Waals surface area contributed by atoms with E-state index in [0.717, 1.165) is 31.0 Å². The van der Waals surface area contributed by atoms with Gasteiger partial charge in [0.15, 0.2) is 0 Å². The van der Waals surface area contributed by atoms with Gasteiger partial charge in [-0.3, -0.25) is 0 Å². The first-order chi connectivity index (χ1) is 20.0. The highest BCUT2D eigenvalue weighted by Gasteiger charge is 2.35. The number of alkyl halides is 6. The van der Waals surface area contributed by atoms with Crippen LogP contribution in [0.5, 0.6) is 0 Å². The Hall–Kier alpha value is -3.61. The fraction of sp³-hybridized carbons (Fsp3) is 0.483. The molecule has 42 heavy (non-hydrogen) atoms. The number of aromatic nitrogens is 3. The number of halogens is 6. The molecule has 0 radical (unpaired) electrons. The highest BCUT2D eigenvalue weighted by atomic mass is 19.4. The predicted octanol–water partition coefficient (Wildman–Crippen LogP) is 7.51. The molecule has 7 nitrogen and oxygen atoms in total. The monoisotopic (exact) mass is 598 g/mol. The molecule has 0 saturated carbocycles. The molecule has 0 aliphatic carbocycles. The van der Waals surface area contributed by atoms with Gasteiger partial charge < -0.3 is 20.3 Å². The second kappa shape index (κ2) is 14.5. The van der Waals surface area contributed by atoms with Gasteiger partial charge in [-0.2, -0.15) is 31.3 Å². The zero-order valence-corrected chi connectivity index (χ0v) is 24.0. The van der Waals surface area contributed by atoms with Crippen molar-refractivity contribution < 1.29 is 31.1 Å². The van der Waals surface area contributed by atoms with Crippen LogP contribution in [-0.4, -0.2) is 47.8 Å². The summed E-state index contributed by atoms with van der Waals surface area (Å²) in [5.41, 5.74) is 0.128. The van der Waals surface area contributed by atoms with Gasteiger partial charge in [-0.1, -0.05) is 20.8 Å². The second-order valence-corrected chi connectivity index (χ2v) is 9.45. The highest BCUT2D eigenvalue weighted by Crippen LogP contribution is 2.35. The van der Waals surface area contributed by atoms with Crippen molar-refractivity contribution in [2.45, 2.75) is 64.8 Å². The predicted molar refractivity (Wildman–Crippen MR) is 151 cm³/mol. The van der Waals surface area contributed by atoms with Crippen LogP contribution in [0.4, 0.5) is 49.6 Å². The third kappa shape index (κ3) is 8.70. The second-order valence-electron chi connectivity index (χ2n) is 9.45. The first-order valence-electron chi connectivity index (χ1n) is 13.9. The normalized spacial score (nSPS) is 14.1. The van der Waals surface area contributed by atoms with Crippen molar-refractivity contribution in [3.8, 4) is 0 Å². The Balaban J connectivity index is 0.00000237. The fourth-order valence-corrected chi connectivity index (χ4v) is 4.48. The number of nitrogens with zero attached hydrogens (tertiary/aromatic N) is 4. The van der Waals surface area contributed by atoms with Crippen LogP contribution in [0.15, 0.2) is 42.6 Å². The minimum atomic E-state index is -4.55. The van der Waals surface area contributed by atoms with E-state index in [4.69, 9.17) is 9.72 Å². The van der Waals surface area contributed by atoms with Crippen LogP contribution >= 0.6 is 0 Å². The molecule has 1 aliphatic heterocycles. The molecule has 3 aromatic rings. The zero-order valence-electron chi connectivity index (χ0n) is 24.0. The van der Waals surface area contributed by atoms with Crippen LogP contribution in [-0.2, 0) is 29.9 Å². The average Bonchev–Trinajstić information content (AvgIpc) is 2.97. The number of rotatable bonds is 9. The first kappa shape index (κ1) is 32.9. The van der Waals surface area contributed by atoms with Gasteiger partial charge in [0.1, 0.15) is 11.6 Å². The van der Waals surface area contributed by atoms with Crippen molar-refractivity contribution in [2.24, 2.45) is 0 Å². The van der Waals surface area contributed by atoms with Crippen LogP contribution in [0.1, 0.15) is 56.0 Å². The summed E-state index contributed by atoms with van der Waals surface area (Å²) in [4.78, 5) is 14.7. The van der Waals surface area contributed by atoms with Crippen molar-refractivity contribution in [2.75, 3.05) is 42.3 Å². The Morgan fingerprint density at radius 1 is 0.952 bits per heavy atom. The number of ether oxygens (including phenoxy) is 1. The van der Waals surface area contributed by atoms with Crippen molar-refractivity contribution in [1.29, 1.82) is 0 Å². The van der Waals surface area contributed by atoms with E-state index in [1.165, 1.54) is 36.3 Å². The summed E-state index contributed by atoms with van der Waals surface area (Å²) < 4.78 is 85.1. The first-order valence-corrected chi connectivity index (χ1v) is 13.9. The van der Waals surface area contributed by atoms with Crippen molar-refractivity contribution >= 4 is 23.3 Å². The van der Waals surface area contributed by atoms with Gasteiger partial charge in [0.05, 0.1) is 16.8 Å². The van der Waals surface area contributed by atoms with E-state index in [1.54, 1.807) is 0 Å². The molecule has 1 fully saturated rings. The van der Waals surface area contributed by atoms with Crippen LogP contribution in [0.2, 0.25) is 0 Å². The summed E-state index contributed by atoms with van der Waals surface area (Å²) >= 11 is 0. The van der Waals surface area contributed by atoms with E-state index in [2.05, 4.69) is 20.6 Å². The van der Waals surface area contributed by atoms with E-state index in [1.807, 2.05) is 20.8 Å². The van der Waals surface area contributed by atoms with Crippen molar-refractivity contribution in [1.82, 2.24) is 15.0 Å². The average molecular weight is 599 g/mol. The van der Waals surface area contributed by atoms with Gasteiger partial charge in [0.25, 0.3) is 0 Å². The van der Waals surface area contributed by atoms with Gasteiger partial charge in [0, 0.05) is 56.7 Å². The molecule has 0 amide bonds. The topological polar surface area (TPSA) is 75.2 Å².